The minimum atomic E-state index is -1.30. The molecule has 23 heavy (non-hydrogen) atoms. The van der Waals surface area contributed by atoms with Gasteiger partial charge in [-0.1, -0.05) is 22.9 Å². The molecule has 1 aliphatic rings. The van der Waals surface area contributed by atoms with Crippen molar-refractivity contribution < 1.29 is 13.8 Å². The number of carbonyl (C=O) groups excluding carboxylic acids is 2. The summed E-state index contributed by atoms with van der Waals surface area (Å²) in [5.74, 6) is -0.386. The van der Waals surface area contributed by atoms with E-state index in [1.54, 1.807) is 24.3 Å². The molecule has 1 heterocycles. The number of benzene rings is 1. The Bertz CT molecular complexity index is 656. The monoisotopic (exact) mass is 354 g/mol. The van der Waals surface area contributed by atoms with Crippen LogP contribution in [0, 0.1) is 0 Å². The van der Waals surface area contributed by atoms with Crippen LogP contribution in [0.15, 0.2) is 24.3 Å². The zero-order chi connectivity index (χ0) is 17.3. The molecule has 126 valence electrons. The Morgan fingerprint density at radius 2 is 1.43 bits per heavy atom. The number of nitrogens with one attached hydrogen (secondary N) is 2. The van der Waals surface area contributed by atoms with Gasteiger partial charge in [0.1, 0.15) is 0 Å². The number of amides is 2. The fourth-order valence-corrected chi connectivity index (χ4v) is 5.60. The Morgan fingerprint density at radius 1 is 0.957 bits per heavy atom. The molecule has 0 bridgehead atoms. The molecule has 5 nitrogen and oxygen atoms in total. The van der Waals surface area contributed by atoms with Gasteiger partial charge in [0.25, 0.3) is 0 Å². The Balaban J connectivity index is 2.39. The molecule has 7 heteroatoms. The molecule has 1 aliphatic heterocycles. The summed E-state index contributed by atoms with van der Waals surface area (Å²) in [6.45, 7) is 7.40. The van der Waals surface area contributed by atoms with Crippen molar-refractivity contribution >= 4 is 43.8 Å². The first kappa shape index (κ1) is 18.0. The Hall–Kier alpha value is -1.34. The summed E-state index contributed by atoms with van der Waals surface area (Å²) in [5.41, 5.74) is 1.13. The van der Waals surface area contributed by atoms with Crippen LogP contribution < -0.4 is 10.6 Å². The second-order valence-electron chi connectivity index (χ2n) is 6.83. The lowest BCUT2D eigenvalue weighted by Crippen LogP contribution is -2.35. The number of rotatable bonds is 0. The van der Waals surface area contributed by atoms with Crippen LogP contribution >= 0.6 is 10.8 Å². The van der Waals surface area contributed by atoms with Gasteiger partial charge in [0.15, 0.2) is 0 Å². The quantitative estimate of drug-likeness (QED) is 0.701. The smallest absolute Gasteiger partial charge is 0.225 e. The van der Waals surface area contributed by atoms with Crippen LogP contribution in [0.3, 0.4) is 0 Å². The number of para-hydroxylation sites is 2. The topological polar surface area (TPSA) is 75.3 Å². The predicted octanol–water partition coefficient (Wildman–Crippen LogP) is 3.31. The number of hydrogen-bond donors (Lipinski definition) is 2. The van der Waals surface area contributed by atoms with Crippen molar-refractivity contribution in [1.82, 2.24) is 0 Å². The summed E-state index contributed by atoms with van der Waals surface area (Å²) in [7, 11) is -0.0565. The van der Waals surface area contributed by atoms with Crippen molar-refractivity contribution in [3.05, 3.63) is 24.3 Å². The minimum absolute atomic E-state index is 0.144. The largest absolute Gasteiger partial charge is 0.324 e. The maximum Gasteiger partial charge on any atom is 0.225 e. The fraction of sp³-hybridized carbons (Fsp3) is 0.500. The number of fused-ring (bicyclic) bond motifs is 1. The molecule has 1 aromatic rings. The Morgan fingerprint density at radius 3 is 1.96 bits per heavy atom. The van der Waals surface area contributed by atoms with Crippen molar-refractivity contribution in [2.45, 2.75) is 50.0 Å². The molecule has 0 aliphatic carbocycles. The minimum Gasteiger partial charge on any atom is -0.324 e. The third-order valence-electron chi connectivity index (χ3n) is 3.40. The molecule has 2 rings (SSSR count). The van der Waals surface area contributed by atoms with E-state index in [1.807, 2.05) is 27.7 Å². The molecule has 0 fully saturated rings. The van der Waals surface area contributed by atoms with E-state index in [1.165, 1.54) is 10.8 Å². The van der Waals surface area contributed by atoms with E-state index < -0.39 is 19.3 Å². The van der Waals surface area contributed by atoms with Crippen molar-refractivity contribution in [2.75, 3.05) is 10.6 Å². The highest BCUT2D eigenvalue weighted by Crippen LogP contribution is 2.38. The zero-order valence-corrected chi connectivity index (χ0v) is 15.4. The lowest BCUT2D eigenvalue weighted by molar-refractivity contribution is -0.117. The van der Waals surface area contributed by atoms with Crippen LogP contribution in [-0.2, 0) is 19.4 Å². The molecule has 0 spiro atoms. The van der Waals surface area contributed by atoms with Crippen molar-refractivity contribution in [2.24, 2.45) is 0 Å². The molecule has 1 atom stereocenters. The second-order valence-corrected chi connectivity index (χ2v) is 11.1. The average molecular weight is 354 g/mol. The lowest BCUT2D eigenvalue weighted by atomic mass is 10.1. The van der Waals surface area contributed by atoms with Gasteiger partial charge in [-0.3, -0.25) is 9.59 Å². The van der Waals surface area contributed by atoms with Crippen LogP contribution in [0.4, 0.5) is 11.4 Å². The number of carbonyl (C=O) groups is 2. The Kier molecular flexibility index (Phi) is 5.20. The highest BCUT2D eigenvalue weighted by molar-refractivity contribution is 8.70. The van der Waals surface area contributed by atoms with E-state index in [0.717, 1.165) is 0 Å². The Labute approximate surface area is 142 Å². The van der Waals surface area contributed by atoms with Gasteiger partial charge in [0, 0.05) is 17.6 Å². The van der Waals surface area contributed by atoms with Gasteiger partial charge in [0.2, 0.25) is 11.8 Å². The molecule has 2 N–H and O–H groups in total. The van der Waals surface area contributed by atoms with Gasteiger partial charge >= 0.3 is 0 Å². The van der Waals surface area contributed by atoms with Crippen molar-refractivity contribution in [3.63, 3.8) is 0 Å². The molecule has 0 saturated carbocycles. The van der Waals surface area contributed by atoms with Crippen molar-refractivity contribution in [3.8, 4) is 0 Å². The van der Waals surface area contributed by atoms with Crippen LogP contribution in [0.1, 0.15) is 40.5 Å². The first-order valence-electron chi connectivity index (χ1n) is 7.39. The number of hydrogen-bond acceptors (Lipinski definition) is 4. The lowest BCUT2D eigenvalue weighted by Gasteiger charge is -2.30. The van der Waals surface area contributed by atoms with Gasteiger partial charge in [-0.05, 0) is 39.8 Å². The number of anilines is 2. The third kappa shape index (κ3) is 4.81. The van der Waals surface area contributed by atoms with Gasteiger partial charge in [-0.15, -0.1) is 0 Å². The summed E-state index contributed by atoms with van der Waals surface area (Å²) in [4.78, 5) is 24.6. The highest BCUT2D eigenvalue weighted by Gasteiger charge is 2.36. The van der Waals surface area contributed by atoms with E-state index in [9.17, 15) is 13.8 Å². The average Bonchev–Trinajstić information content (AvgIpc) is 2.37. The van der Waals surface area contributed by atoms with Crippen LogP contribution in [0.5, 0.6) is 0 Å². The van der Waals surface area contributed by atoms with Crippen LogP contribution in [-0.4, -0.2) is 25.5 Å². The molecular formula is C16H22N2O3S2. The van der Waals surface area contributed by atoms with E-state index in [0.29, 0.717) is 11.4 Å². The van der Waals surface area contributed by atoms with E-state index in [2.05, 4.69) is 10.6 Å². The summed E-state index contributed by atoms with van der Waals surface area (Å²) in [5, 5.41) is 5.62. The first-order chi connectivity index (χ1) is 10.6. The molecule has 1 unspecified atom stereocenters. The fourth-order valence-electron chi connectivity index (χ4n) is 2.27. The molecule has 2 amide bonds. The highest BCUT2D eigenvalue weighted by atomic mass is 33.1. The molecular weight excluding hydrogens is 332 g/mol. The van der Waals surface area contributed by atoms with Crippen LogP contribution in [0.2, 0.25) is 0 Å². The maximum atomic E-state index is 12.6. The second kappa shape index (κ2) is 6.65. The summed E-state index contributed by atoms with van der Waals surface area (Å²) in [6, 6.07) is 7.09. The predicted molar refractivity (Wildman–Crippen MR) is 96.8 cm³/mol. The maximum absolute atomic E-state index is 12.6. The zero-order valence-electron chi connectivity index (χ0n) is 13.8. The van der Waals surface area contributed by atoms with Crippen molar-refractivity contribution in [1.29, 1.82) is 0 Å². The summed E-state index contributed by atoms with van der Waals surface area (Å²) >= 11 is 0. The van der Waals surface area contributed by atoms with Crippen LogP contribution in [0.25, 0.3) is 0 Å². The molecule has 0 aromatic heterocycles. The van der Waals surface area contributed by atoms with E-state index in [-0.39, 0.29) is 24.7 Å². The SMILES string of the molecule is CC1(C)CC(=O)Nc2ccccc2NC(=O)CC(C)(C)S(=O)S1. The van der Waals surface area contributed by atoms with Gasteiger partial charge in [0.05, 0.1) is 26.0 Å². The van der Waals surface area contributed by atoms with Gasteiger partial charge in [-0.25, -0.2) is 4.21 Å². The summed E-state index contributed by atoms with van der Waals surface area (Å²) < 4.78 is 11.5. The van der Waals surface area contributed by atoms with Gasteiger partial charge in [-0.2, -0.15) is 0 Å². The molecule has 0 radical (unpaired) electrons. The standard InChI is InChI=1S/C16H22N2O3S2/c1-15(2)9-13(19)17-11-7-5-6-8-12(11)18-14(20)10-16(3,4)23(21)22-15/h5-8H,9-10H2,1-4H3,(H,17,19)(H,18,20). The molecule has 1 aromatic carbocycles. The van der Waals surface area contributed by atoms with E-state index >= 15 is 0 Å². The van der Waals surface area contributed by atoms with E-state index in [4.69, 9.17) is 0 Å². The first-order valence-corrected chi connectivity index (χ1v) is 9.87. The summed E-state index contributed by atoms with van der Waals surface area (Å²) in [6.07, 6.45) is 0.382. The van der Waals surface area contributed by atoms with Gasteiger partial charge < -0.3 is 10.6 Å². The third-order valence-corrected chi connectivity index (χ3v) is 8.36. The normalized spacial score (nSPS) is 24.4. The molecule has 0 saturated heterocycles.